The molecule has 134 valence electrons. The Morgan fingerprint density at radius 2 is 1.75 bits per heavy atom. The summed E-state index contributed by atoms with van der Waals surface area (Å²) >= 11 is 0. The van der Waals surface area contributed by atoms with Gasteiger partial charge in [0.15, 0.2) is 4.90 Å². The van der Waals surface area contributed by atoms with E-state index in [-0.39, 0.29) is 4.90 Å². The second kappa shape index (κ2) is 6.45. The van der Waals surface area contributed by atoms with Gasteiger partial charge in [0, 0.05) is 39.4 Å². The molecule has 0 atom stereocenters. The molecular formula is C15H24N4O4S. The monoisotopic (exact) mass is 356 g/mol. The average Bonchev–Trinajstić information content (AvgIpc) is 3.39. The third-order valence-corrected chi connectivity index (χ3v) is 6.76. The predicted octanol–water partition coefficient (Wildman–Crippen LogP) is -0.763. The zero-order valence-electron chi connectivity index (χ0n) is 14.1. The first kappa shape index (κ1) is 17.4. The Kier molecular flexibility index (Phi) is 4.67. The SMILES string of the molecule is Cn1cc(S(=O)(=O)N2CCC(NCC3CC3)CC2)c(=O)n(C)c1=O. The van der Waals surface area contributed by atoms with Crippen molar-refractivity contribution in [2.75, 3.05) is 19.6 Å². The van der Waals surface area contributed by atoms with Crippen LogP contribution in [0.3, 0.4) is 0 Å². The number of aromatic nitrogens is 2. The molecule has 2 aliphatic rings. The van der Waals surface area contributed by atoms with E-state index in [9.17, 15) is 18.0 Å². The lowest BCUT2D eigenvalue weighted by atomic mass is 10.1. The summed E-state index contributed by atoms with van der Waals surface area (Å²) in [6, 6.07) is 0.333. The molecule has 1 aromatic heterocycles. The van der Waals surface area contributed by atoms with E-state index < -0.39 is 21.3 Å². The first-order valence-corrected chi connectivity index (χ1v) is 9.75. The first-order valence-electron chi connectivity index (χ1n) is 8.31. The van der Waals surface area contributed by atoms with E-state index in [1.807, 2.05) is 0 Å². The van der Waals surface area contributed by atoms with E-state index in [1.54, 1.807) is 0 Å². The number of nitrogens with zero attached hydrogens (tertiary/aromatic N) is 3. The van der Waals surface area contributed by atoms with Gasteiger partial charge in [-0.15, -0.1) is 0 Å². The number of sulfonamides is 1. The topological polar surface area (TPSA) is 93.4 Å². The van der Waals surface area contributed by atoms with E-state index in [1.165, 1.54) is 31.2 Å². The van der Waals surface area contributed by atoms with Crippen molar-refractivity contribution in [2.45, 2.75) is 36.6 Å². The van der Waals surface area contributed by atoms with Gasteiger partial charge in [0.05, 0.1) is 0 Å². The van der Waals surface area contributed by atoms with Crippen LogP contribution in [0.15, 0.2) is 20.7 Å². The van der Waals surface area contributed by atoms with E-state index in [4.69, 9.17) is 0 Å². The van der Waals surface area contributed by atoms with Crippen LogP contribution in [0.2, 0.25) is 0 Å². The molecule has 8 nitrogen and oxygen atoms in total. The minimum absolute atomic E-state index is 0.333. The van der Waals surface area contributed by atoms with E-state index >= 15 is 0 Å². The summed E-state index contributed by atoms with van der Waals surface area (Å²) in [5, 5.41) is 3.50. The molecule has 1 aliphatic heterocycles. The largest absolute Gasteiger partial charge is 0.330 e. The van der Waals surface area contributed by atoms with Crippen LogP contribution in [-0.2, 0) is 24.1 Å². The molecule has 0 amide bonds. The summed E-state index contributed by atoms with van der Waals surface area (Å²) in [6.07, 6.45) is 5.17. The van der Waals surface area contributed by atoms with Crippen molar-refractivity contribution in [3.63, 3.8) is 0 Å². The van der Waals surface area contributed by atoms with Crippen molar-refractivity contribution in [2.24, 2.45) is 20.0 Å². The molecule has 2 heterocycles. The van der Waals surface area contributed by atoms with Crippen molar-refractivity contribution in [3.05, 3.63) is 27.0 Å². The fourth-order valence-electron chi connectivity index (χ4n) is 3.05. The Morgan fingerprint density at radius 1 is 1.12 bits per heavy atom. The van der Waals surface area contributed by atoms with Crippen LogP contribution < -0.4 is 16.6 Å². The molecule has 1 N–H and O–H groups in total. The Hall–Kier alpha value is -1.45. The summed E-state index contributed by atoms with van der Waals surface area (Å²) in [7, 11) is -1.16. The predicted molar refractivity (Wildman–Crippen MR) is 89.4 cm³/mol. The van der Waals surface area contributed by atoms with Gasteiger partial charge < -0.3 is 9.88 Å². The highest BCUT2D eigenvalue weighted by Gasteiger charge is 2.32. The van der Waals surface area contributed by atoms with Gasteiger partial charge in [0.2, 0.25) is 10.0 Å². The maximum Gasteiger partial charge on any atom is 0.330 e. The summed E-state index contributed by atoms with van der Waals surface area (Å²) in [5.74, 6) is 0.792. The third-order valence-electron chi connectivity index (χ3n) is 4.88. The number of nitrogens with one attached hydrogen (secondary N) is 1. The molecular weight excluding hydrogens is 332 g/mol. The second-order valence-electron chi connectivity index (χ2n) is 6.78. The Morgan fingerprint density at radius 3 is 2.33 bits per heavy atom. The third kappa shape index (κ3) is 3.33. The molecule has 0 aromatic carbocycles. The highest BCUT2D eigenvalue weighted by Crippen LogP contribution is 2.28. The van der Waals surface area contributed by atoms with Gasteiger partial charge in [-0.3, -0.25) is 9.36 Å². The van der Waals surface area contributed by atoms with Crippen LogP contribution in [0.25, 0.3) is 0 Å². The number of hydrogen-bond acceptors (Lipinski definition) is 5. The fourth-order valence-corrected chi connectivity index (χ4v) is 4.67. The van der Waals surface area contributed by atoms with Crippen LogP contribution in [0.4, 0.5) is 0 Å². The van der Waals surface area contributed by atoms with Gasteiger partial charge in [0.25, 0.3) is 5.56 Å². The average molecular weight is 356 g/mol. The zero-order chi connectivity index (χ0) is 17.5. The molecule has 1 aromatic rings. The molecule has 1 aliphatic carbocycles. The standard InChI is InChI=1S/C15H24N4O4S/c1-17-10-13(14(20)18(2)15(17)21)24(22,23)19-7-5-12(6-8-19)16-9-11-3-4-11/h10-12,16H,3-9H2,1-2H3. The van der Waals surface area contributed by atoms with Gasteiger partial charge in [-0.25, -0.2) is 13.2 Å². The molecule has 9 heteroatoms. The normalized spacial score (nSPS) is 20.4. The lowest BCUT2D eigenvalue weighted by molar-refractivity contribution is 0.287. The Labute approximate surface area is 141 Å². The number of hydrogen-bond donors (Lipinski definition) is 1. The summed E-state index contributed by atoms with van der Waals surface area (Å²) < 4.78 is 28.9. The van der Waals surface area contributed by atoms with E-state index in [0.717, 1.165) is 40.6 Å². The van der Waals surface area contributed by atoms with Crippen molar-refractivity contribution < 1.29 is 8.42 Å². The molecule has 24 heavy (non-hydrogen) atoms. The second-order valence-corrected chi connectivity index (χ2v) is 8.69. The van der Waals surface area contributed by atoms with E-state index in [2.05, 4.69) is 5.32 Å². The molecule has 1 saturated carbocycles. The molecule has 1 saturated heterocycles. The summed E-state index contributed by atoms with van der Waals surface area (Å²) in [5.41, 5.74) is -1.31. The van der Waals surface area contributed by atoms with Gasteiger partial charge >= 0.3 is 5.69 Å². The molecule has 0 spiro atoms. The maximum atomic E-state index is 12.8. The molecule has 0 bridgehead atoms. The first-order chi connectivity index (χ1) is 11.3. The minimum atomic E-state index is -3.88. The highest BCUT2D eigenvalue weighted by atomic mass is 32.2. The lowest BCUT2D eigenvalue weighted by Gasteiger charge is -2.31. The minimum Gasteiger partial charge on any atom is -0.314 e. The van der Waals surface area contributed by atoms with Crippen molar-refractivity contribution in [1.29, 1.82) is 0 Å². The molecule has 0 radical (unpaired) electrons. The van der Waals surface area contributed by atoms with Crippen molar-refractivity contribution >= 4 is 10.0 Å². The van der Waals surface area contributed by atoms with Crippen molar-refractivity contribution in [3.8, 4) is 0 Å². The van der Waals surface area contributed by atoms with Crippen LogP contribution in [0.5, 0.6) is 0 Å². The number of aryl methyl sites for hydroxylation is 1. The number of piperidine rings is 1. The lowest BCUT2D eigenvalue weighted by Crippen LogP contribution is -2.47. The molecule has 0 unspecified atom stereocenters. The van der Waals surface area contributed by atoms with Gasteiger partial charge in [0.1, 0.15) is 0 Å². The van der Waals surface area contributed by atoms with E-state index in [0.29, 0.717) is 19.1 Å². The number of rotatable bonds is 5. The molecule has 2 fully saturated rings. The summed E-state index contributed by atoms with van der Waals surface area (Å²) in [4.78, 5) is 23.6. The maximum absolute atomic E-state index is 12.8. The van der Waals surface area contributed by atoms with Gasteiger partial charge in [-0.05, 0) is 38.1 Å². The van der Waals surface area contributed by atoms with Gasteiger partial charge in [-0.2, -0.15) is 4.31 Å². The molecule has 3 rings (SSSR count). The highest BCUT2D eigenvalue weighted by molar-refractivity contribution is 7.89. The Balaban J connectivity index is 1.75. The smallest absolute Gasteiger partial charge is 0.314 e. The summed E-state index contributed by atoms with van der Waals surface area (Å²) in [6.45, 7) is 1.78. The van der Waals surface area contributed by atoms with Crippen LogP contribution in [0, 0.1) is 5.92 Å². The van der Waals surface area contributed by atoms with Crippen LogP contribution in [0.1, 0.15) is 25.7 Å². The fraction of sp³-hybridized carbons (Fsp3) is 0.733. The van der Waals surface area contributed by atoms with Crippen LogP contribution in [-0.4, -0.2) is 47.5 Å². The Bertz CT molecular complexity index is 830. The van der Waals surface area contributed by atoms with Crippen molar-refractivity contribution in [1.82, 2.24) is 18.8 Å². The zero-order valence-corrected chi connectivity index (χ0v) is 14.9. The van der Waals surface area contributed by atoms with Gasteiger partial charge in [-0.1, -0.05) is 0 Å². The van der Waals surface area contributed by atoms with Crippen LogP contribution >= 0.6 is 0 Å². The quantitative estimate of drug-likeness (QED) is 0.748.